The average molecular weight is 393 g/mol. The first-order valence-corrected chi connectivity index (χ1v) is 10.5. The van der Waals surface area contributed by atoms with Gasteiger partial charge in [-0.2, -0.15) is 0 Å². The van der Waals surface area contributed by atoms with E-state index in [1.165, 1.54) is 18.2 Å². The van der Waals surface area contributed by atoms with E-state index in [2.05, 4.69) is 4.72 Å². The van der Waals surface area contributed by atoms with Gasteiger partial charge in [0, 0.05) is 23.7 Å². The number of nitrogens with zero attached hydrogens (tertiary/aromatic N) is 1. The normalized spacial score (nSPS) is 15.3. The minimum atomic E-state index is -3.74. The van der Waals surface area contributed by atoms with E-state index in [9.17, 15) is 13.2 Å². The summed E-state index contributed by atoms with van der Waals surface area (Å²) in [5.41, 5.74) is 0.899. The molecular weight excluding hydrogens is 372 g/mol. The van der Waals surface area contributed by atoms with Crippen molar-refractivity contribution < 1.29 is 13.2 Å². The van der Waals surface area contributed by atoms with Crippen LogP contribution in [0.15, 0.2) is 53.4 Å². The van der Waals surface area contributed by atoms with Crippen molar-refractivity contribution in [3.05, 3.63) is 59.1 Å². The lowest BCUT2D eigenvalue weighted by Crippen LogP contribution is -2.31. The Morgan fingerprint density at radius 1 is 0.962 bits per heavy atom. The van der Waals surface area contributed by atoms with Gasteiger partial charge >= 0.3 is 0 Å². The van der Waals surface area contributed by atoms with Gasteiger partial charge in [-0.05, 0) is 55.3 Å². The fourth-order valence-corrected chi connectivity index (χ4v) is 4.24. The molecule has 0 saturated carbocycles. The highest BCUT2D eigenvalue weighted by atomic mass is 35.5. The first-order chi connectivity index (χ1) is 12.5. The first kappa shape index (κ1) is 18.7. The van der Waals surface area contributed by atoms with Gasteiger partial charge in [-0.25, -0.2) is 8.42 Å². The van der Waals surface area contributed by atoms with Gasteiger partial charge in [0.15, 0.2) is 0 Å². The summed E-state index contributed by atoms with van der Waals surface area (Å²) in [7, 11) is -3.74. The van der Waals surface area contributed by atoms with Crippen molar-refractivity contribution >= 4 is 33.2 Å². The number of hydrogen-bond donors (Lipinski definition) is 1. The van der Waals surface area contributed by atoms with Crippen molar-refractivity contribution in [3.8, 4) is 0 Å². The molecule has 1 aliphatic heterocycles. The second-order valence-electron chi connectivity index (χ2n) is 6.35. The van der Waals surface area contributed by atoms with E-state index in [1.807, 2.05) is 4.90 Å². The Morgan fingerprint density at radius 3 is 2.23 bits per heavy atom. The van der Waals surface area contributed by atoms with E-state index in [1.54, 1.807) is 30.3 Å². The van der Waals surface area contributed by atoms with Gasteiger partial charge < -0.3 is 4.90 Å². The van der Waals surface area contributed by atoms with Crippen LogP contribution in [-0.2, 0) is 10.0 Å². The number of anilines is 1. The van der Waals surface area contributed by atoms with Gasteiger partial charge in [0.1, 0.15) is 0 Å². The van der Waals surface area contributed by atoms with Crippen LogP contribution in [0.25, 0.3) is 0 Å². The summed E-state index contributed by atoms with van der Waals surface area (Å²) in [4.78, 5) is 14.5. The lowest BCUT2D eigenvalue weighted by atomic mass is 10.2. The number of amides is 1. The van der Waals surface area contributed by atoms with E-state index in [0.717, 1.165) is 38.8 Å². The van der Waals surface area contributed by atoms with E-state index in [0.29, 0.717) is 16.3 Å². The Hall–Kier alpha value is -2.05. The molecule has 5 nitrogen and oxygen atoms in total. The number of hydrogen-bond acceptors (Lipinski definition) is 3. The molecule has 26 heavy (non-hydrogen) atoms. The SMILES string of the molecule is O=C(c1ccc(S(=O)(=O)Nc2cccc(Cl)c2)cc1)N1CCCCCC1. The number of nitrogens with one attached hydrogen (secondary N) is 1. The molecule has 1 fully saturated rings. The summed E-state index contributed by atoms with van der Waals surface area (Å²) in [6.45, 7) is 1.52. The van der Waals surface area contributed by atoms with Gasteiger partial charge in [-0.1, -0.05) is 30.5 Å². The van der Waals surface area contributed by atoms with Crippen LogP contribution >= 0.6 is 11.6 Å². The van der Waals surface area contributed by atoms with Crippen molar-refractivity contribution in [2.45, 2.75) is 30.6 Å². The molecule has 0 unspecified atom stereocenters. The standard InChI is InChI=1S/C19H21ClN2O3S/c20-16-6-5-7-17(14-16)21-26(24,25)18-10-8-15(9-11-18)19(23)22-12-3-1-2-4-13-22/h5-11,14,21H,1-4,12-13H2. The van der Waals surface area contributed by atoms with Crippen LogP contribution in [0.1, 0.15) is 36.0 Å². The molecule has 0 aliphatic carbocycles. The molecule has 0 spiro atoms. The van der Waals surface area contributed by atoms with Crippen LogP contribution in [0.3, 0.4) is 0 Å². The zero-order valence-corrected chi connectivity index (χ0v) is 15.9. The molecule has 7 heteroatoms. The Labute approximate surface area is 159 Å². The molecule has 0 atom stereocenters. The largest absolute Gasteiger partial charge is 0.339 e. The van der Waals surface area contributed by atoms with Gasteiger partial charge in [0.25, 0.3) is 15.9 Å². The highest BCUT2D eigenvalue weighted by Gasteiger charge is 2.19. The lowest BCUT2D eigenvalue weighted by Gasteiger charge is -2.20. The predicted octanol–water partition coefficient (Wildman–Crippen LogP) is 4.16. The molecular formula is C19H21ClN2O3S. The molecule has 0 bridgehead atoms. The smallest absolute Gasteiger partial charge is 0.261 e. The molecule has 0 aromatic heterocycles. The molecule has 2 aromatic carbocycles. The molecule has 138 valence electrons. The number of rotatable bonds is 4. The van der Waals surface area contributed by atoms with E-state index < -0.39 is 10.0 Å². The molecule has 3 rings (SSSR count). The average Bonchev–Trinajstić information content (AvgIpc) is 2.90. The maximum Gasteiger partial charge on any atom is 0.261 e. The number of sulfonamides is 1. The van der Waals surface area contributed by atoms with Gasteiger partial charge in [-0.3, -0.25) is 9.52 Å². The Morgan fingerprint density at radius 2 is 1.62 bits per heavy atom. The van der Waals surface area contributed by atoms with Crippen LogP contribution in [0.2, 0.25) is 5.02 Å². The van der Waals surface area contributed by atoms with Crippen LogP contribution in [0.4, 0.5) is 5.69 Å². The van der Waals surface area contributed by atoms with Gasteiger partial charge in [-0.15, -0.1) is 0 Å². The Bertz CT molecular complexity index is 874. The second kappa shape index (κ2) is 8.10. The summed E-state index contributed by atoms with van der Waals surface area (Å²) in [5.74, 6) is -0.0429. The van der Waals surface area contributed by atoms with E-state index in [4.69, 9.17) is 11.6 Å². The minimum absolute atomic E-state index is 0.0429. The summed E-state index contributed by atoms with van der Waals surface area (Å²) in [6.07, 6.45) is 4.33. The highest BCUT2D eigenvalue weighted by molar-refractivity contribution is 7.92. The molecule has 1 heterocycles. The first-order valence-electron chi connectivity index (χ1n) is 8.63. The molecule has 0 radical (unpaired) electrons. The third-order valence-corrected chi connectivity index (χ3v) is 6.01. The molecule has 1 amide bonds. The van der Waals surface area contributed by atoms with Crippen LogP contribution < -0.4 is 4.72 Å². The molecule has 1 saturated heterocycles. The van der Waals surface area contributed by atoms with E-state index in [-0.39, 0.29) is 10.8 Å². The molecule has 1 N–H and O–H groups in total. The summed E-state index contributed by atoms with van der Waals surface area (Å²) in [5, 5.41) is 0.448. The molecule has 2 aromatic rings. The monoisotopic (exact) mass is 392 g/mol. The highest BCUT2D eigenvalue weighted by Crippen LogP contribution is 2.20. The number of likely N-dealkylation sites (tertiary alicyclic amines) is 1. The van der Waals surface area contributed by atoms with E-state index >= 15 is 0 Å². The fraction of sp³-hybridized carbons (Fsp3) is 0.316. The zero-order chi connectivity index (χ0) is 18.6. The summed E-state index contributed by atoms with van der Waals surface area (Å²) >= 11 is 5.88. The van der Waals surface area contributed by atoms with Crippen LogP contribution in [-0.4, -0.2) is 32.3 Å². The fourth-order valence-electron chi connectivity index (χ4n) is 3.00. The maximum absolute atomic E-state index is 12.6. The van der Waals surface area contributed by atoms with Crippen molar-refractivity contribution in [2.75, 3.05) is 17.8 Å². The third kappa shape index (κ3) is 4.56. The van der Waals surface area contributed by atoms with Crippen molar-refractivity contribution in [2.24, 2.45) is 0 Å². The number of benzene rings is 2. The van der Waals surface area contributed by atoms with Crippen molar-refractivity contribution in [1.82, 2.24) is 4.90 Å². The predicted molar refractivity (Wildman–Crippen MR) is 103 cm³/mol. The molecule has 1 aliphatic rings. The van der Waals surface area contributed by atoms with Gasteiger partial charge in [0.2, 0.25) is 0 Å². The second-order valence-corrected chi connectivity index (χ2v) is 8.47. The number of carbonyl (C=O) groups excluding carboxylic acids is 1. The van der Waals surface area contributed by atoms with Crippen molar-refractivity contribution in [3.63, 3.8) is 0 Å². The zero-order valence-electron chi connectivity index (χ0n) is 14.3. The van der Waals surface area contributed by atoms with Gasteiger partial charge in [0.05, 0.1) is 10.6 Å². The van der Waals surface area contributed by atoms with Crippen LogP contribution in [0.5, 0.6) is 0 Å². The number of halogens is 1. The Kier molecular flexibility index (Phi) is 5.84. The maximum atomic E-state index is 12.6. The third-order valence-electron chi connectivity index (χ3n) is 4.38. The lowest BCUT2D eigenvalue weighted by molar-refractivity contribution is 0.0761. The van der Waals surface area contributed by atoms with Crippen LogP contribution in [0, 0.1) is 0 Å². The summed E-state index contributed by atoms with van der Waals surface area (Å²) in [6, 6.07) is 12.6. The minimum Gasteiger partial charge on any atom is -0.339 e. The number of carbonyl (C=O) groups is 1. The Balaban J connectivity index is 1.74. The quantitative estimate of drug-likeness (QED) is 0.849. The van der Waals surface area contributed by atoms with Crippen molar-refractivity contribution in [1.29, 1.82) is 0 Å². The topological polar surface area (TPSA) is 66.5 Å². The summed E-state index contributed by atoms with van der Waals surface area (Å²) < 4.78 is 27.5.